The van der Waals surface area contributed by atoms with Gasteiger partial charge in [-0.15, -0.1) is 0 Å². The molecule has 0 aliphatic heterocycles. The molecule has 0 aliphatic carbocycles. The van der Waals surface area contributed by atoms with Crippen molar-refractivity contribution in [3.63, 3.8) is 0 Å². The summed E-state index contributed by atoms with van der Waals surface area (Å²) < 4.78 is 11.1. The lowest BCUT2D eigenvalue weighted by Gasteiger charge is -2.09. The summed E-state index contributed by atoms with van der Waals surface area (Å²) in [5, 5.41) is 17.2. The summed E-state index contributed by atoms with van der Waals surface area (Å²) in [5.41, 5.74) is 2.34. The second-order valence-corrected chi connectivity index (χ2v) is 6.69. The van der Waals surface area contributed by atoms with Crippen LogP contribution in [0.4, 0.5) is 0 Å². The van der Waals surface area contributed by atoms with Crippen molar-refractivity contribution in [1.82, 2.24) is 9.97 Å². The number of nitrogens with zero attached hydrogens (tertiary/aromatic N) is 2. The lowest BCUT2D eigenvalue weighted by molar-refractivity contribution is 0.0680. The highest BCUT2D eigenvalue weighted by Gasteiger charge is 2.13. The van der Waals surface area contributed by atoms with E-state index in [-0.39, 0.29) is 17.6 Å². The van der Waals surface area contributed by atoms with Crippen LogP contribution in [0.15, 0.2) is 39.7 Å². The lowest BCUT2D eigenvalue weighted by Crippen LogP contribution is -2.10. The first-order chi connectivity index (χ1) is 12.2. The molecule has 0 aromatic carbocycles. The van der Waals surface area contributed by atoms with Crippen molar-refractivity contribution < 1.29 is 19.4 Å². The fourth-order valence-electron chi connectivity index (χ4n) is 2.06. The van der Waals surface area contributed by atoms with E-state index in [4.69, 9.17) is 14.6 Å². The van der Waals surface area contributed by atoms with Gasteiger partial charge in [-0.05, 0) is 44.8 Å². The molecule has 0 fully saturated rings. The monoisotopic (exact) mass is 376 g/mol. The van der Waals surface area contributed by atoms with Crippen LogP contribution in [0.3, 0.4) is 0 Å². The van der Waals surface area contributed by atoms with Gasteiger partial charge in [-0.3, -0.25) is 0 Å². The maximum Gasteiger partial charge on any atom is 0.374 e. The Bertz CT molecular complexity index is 746. The quantitative estimate of drug-likeness (QED) is 0.615. The fourth-order valence-corrected chi connectivity index (χ4v) is 3.47. The van der Waals surface area contributed by atoms with Crippen molar-refractivity contribution in [1.29, 1.82) is 0 Å². The Hall–Kier alpha value is -2.45. The summed E-state index contributed by atoms with van der Waals surface area (Å²) in [6.45, 7) is 0.808. The zero-order chi connectivity index (χ0) is 17.5. The van der Waals surface area contributed by atoms with Gasteiger partial charge in [0.05, 0.1) is 19.3 Å². The summed E-state index contributed by atoms with van der Waals surface area (Å²) in [4.78, 5) is 19.0. The molecule has 0 saturated carbocycles. The van der Waals surface area contributed by atoms with E-state index >= 15 is 0 Å². The maximum atomic E-state index is 11.2. The molecule has 0 amide bonds. The van der Waals surface area contributed by atoms with Crippen LogP contribution in [0.2, 0.25) is 0 Å². The zero-order valence-electron chi connectivity index (χ0n) is 13.3. The van der Waals surface area contributed by atoms with Crippen LogP contribution in [0.25, 0.3) is 0 Å². The molecule has 0 atom stereocenters. The Labute approximate surface area is 152 Å². The normalized spacial score (nSPS) is 10.6. The molecule has 6 nitrogen and oxygen atoms in total. The van der Waals surface area contributed by atoms with Gasteiger partial charge in [0, 0.05) is 12.8 Å². The first kappa shape index (κ1) is 17.4. The van der Waals surface area contributed by atoms with E-state index in [9.17, 15) is 4.79 Å². The van der Waals surface area contributed by atoms with Crippen LogP contribution in [0.5, 0.6) is 11.8 Å². The highest BCUT2D eigenvalue weighted by molar-refractivity contribution is 7.08. The van der Waals surface area contributed by atoms with Crippen molar-refractivity contribution in [2.45, 2.75) is 12.8 Å². The molecule has 8 heteroatoms. The number of hydrogen-bond donors (Lipinski definition) is 1. The number of carboxylic acids is 1. The Morgan fingerprint density at radius 2 is 1.48 bits per heavy atom. The van der Waals surface area contributed by atoms with Gasteiger partial charge in [-0.2, -0.15) is 32.6 Å². The summed E-state index contributed by atoms with van der Waals surface area (Å²) in [7, 11) is 0. The molecular formula is C17H16N2O4S2. The fraction of sp³-hybridized carbons (Fsp3) is 0.235. The third-order valence-corrected chi connectivity index (χ3v) is 4.78. The second-order valence-electron chi connectivity index (χ2n) is 5.13. The van der Waals surface area contributed by atoms with E-state index in [1.165, 1.54) is 17.2 Å². The largest absolute Gasteiger partial charge is 0.477 e. The van der Waals surface area contributed by atoms with Gasteiger partial charge in [0.15, 0.2) is 0 Å². The number of rotatable bonds is 9. The first-order valence-electron chi connectivity index (χ1n) is 7.61. The molecule has 0 radical (unpaired) electrons. The van der Waals surface area contributed by atoms with Crippen molar-refractivity contribution >= 4 is 28.6 Å². The average Bonchev–Trinajstić information content (AvgIpc) is 3.28. The lowest BCUT2D eigenvalue weighted by atomic mass is 10.3. The number of thiophene rings is 2. The van der Waals surface area contributed by atoms with E-state index in [1.807, 2.05) is 33.7 Å². The number of hydrogen-bond acceptors (Lipinski definition) is 7. The summed E-state index contributed by atoms with van der Waals surface area (Å²) in [6.07, 6.45) is 1.45. The SMILES string of the molecule is O=C(O)c1nc(OCCc2ccsc2)cc(OCCc2ccsc2)n1. The van der Waals surface area contributed by atoms with E-state index in [1.54, 1.807) is 22.7 Å². The van der Waals surface area contributed by atoms with Crippen LogP contribution in [0.1, 0.15) is 21.7 Å². The molecular weight excluding hydrogens is 360 g/mol. The highest BCUT2D eigenvalue weighted by Crippen LogP contribution is 2.17. The average molecular weight is 376 g/mol. The summed E-state index contributed by atoms with van der Waals surface area (Å²) >= 11 is 3.25. The van der Waals surface area contributed by atoms with Gasteiger partial charge in [0.25, 0.3) is 0 Å². The standard InChI is InChI=1S/C17H16N2O4S2/c20-17(21)16-18-14(22-5-1-12-3-7-24-10-12)9-15(19-16)23-6-2-13-4-8-25-11-13/h3-4,7-11H,1-2,5-6H2,(H,20,21). The third-order valence-electron chi connectivity index (χ3n) is 3.31. The van der Waals surface area contributed by atoms with Crippen LogP contribution < -0.4 is 9.47 Å². The Morgan fingerprint density at radius 3 is 1.88 bits per heavy atom. The molecule has 3 aromatic rings. The smallest absolute Gasteiger partial charge is 0.374 e. The molecule has 3 rings (SSSR count). The van der Waals surface area contributed by atoms with Crippen LogP contribution >= 0.6 is 22.7 Å². The van der Waals surface area contributed by atoms with Gasteiger partial charge in [0.1, 0.15) is 0 Å². The minimum absolute atomic E-state index is 0.202. The van der Waals surface area contributed by atoms with E-state index in [2.05, 4.69) is 9.97 Å². The molecule has 0 bridgehead atoms. The third kappa shape index (κ3) is 5.27. The van der Waals surface area contributed by atoms with Crippen molar-refractivity contribution in [3.05, 3.63) is 56.7 Å². The maximum absolute atomic E-state index is 11.2. The molecule has 25 heavy (non-hydrogen) atoms. The summed E-state index contributed by atoms with van der Waals surface area (Å²) in [5.74, 6) is -1.15. The highest BCUT2D eigenvalue weighted by atomic mass is 32.1. The van der Waals surface area contributed by atoms with Crippen LogP contribution in [0, 0.1) is 0 Å². The molecule has 0 saturated heterocycles. The molecule has 3 aromatic heterocycles. The van der Waals surface area contributed by atoms with Gasteiger partial charge in [-0.25, -0.2) is 4.79 Å². The van der Waals surface area contributed by atoms with Crippen molar-refractivity contribution in [2.24, 2.45) is 0 Å². The predicted octanol–water partition coefficient (Wildman–Crippen LogP) is 3.54. The molecule has 0 unspecified atom stereocenters. The number of ether oxygens (including phenoxy) is 2. The molecule has 1 N–H and O–H groups in total. The first-order valence-corrected chi connectivity index (χ1v) is 9.49. The van der Waals surface area contributed by atoms with E-state index in [0.29, 0.717) is 13.2 Å². The summed E-state index contributed by atoms with van der Waals surface area (Å²) in [6, 6.07) is 5.57. The van der Waals surface area contributed by atoms with Crippen molar-refractivity contribution in [3.8, 4) is 11.8 Å². The van der Waals surface area contributed by atoms with Gasteiger partial charge in [0.2, 0.25) is 17.6 Å². The molecule has 3 heterocycles. The van der Waals surface area contributed by atoms with Gasteiger partial charge >= 0.3 is 5.97 Å². The predicted molar refractivity (Wildman–Crippen MR) is 96.0 cm³/mol. The minimum Gasteiger partial charge on any atom is -0.477 e. The second kappa shape index (κ2) is 8.59. The molecule has 0 aliphatic rings. The van der Waals surface area contributed by atoms with Crippen LogP contribution in [-0.2, 0) is 12.8 Å². The Morgan fingerprint density at radius 1 is 0.960 bits per heavy atom. The number of aromatic nitrogens is 2. The molecule has 0 spiro atoms. The van der Waals surface area contributed by atoms with Crippen molar-refractivity contribution in [2.75, 3.05) is 13.2 Å². The minimum atomic E-state index is -1.22. The number of carboxylic acid groups (broad SMARTS) is 1. The van der Waals surface area contributed by atoms with E-state index < -0.39 is 5.97 Å². The topological polar surface area (TPSA) is 81.5 Å². The Balaban J connectivity index is 1.60. The number of aromatic carboxylic acids is 1. The van der Waals surface area contributed by atoms with Gasteiger partial charge in [-0.1, -0.05) is 0 Å². The van der Waals surface area contributed by atoms with E-state index in [0.717, 1.165) is 12.8 Å². The van der Waals surface area contributed by atoms with Gasteiger partial charge < -0.3 is 14.6 Å². The molecule has 130 valence electrons. The Kier molecular flexibility index (Phi) is 5.97. The van der Waals surface area contributed by atoms with Crippen LogP contribution in [-0.4, -0.2) is 34.3 Å². The zero-order valence-corrected chi connectivity index (χ0v) is 14.9. The number of carbonyl (C=O) groups is 1.